The van der Waals surface area contributed by atoms with Gasteiger partial charge in [-0.05, 0) is 43.3 Å². The van der Waals surface area contributed by atoms with Gasteiger partial charge in [0.2, 0.25) is 10.0 Å². The smallest absolute Gasteiger partial charge is 0.240 e. The Bertz CT molecular complexity index is 1040. The third kappa shape index (κ3) is 6.84. The van der Waals surface area contributed by atoms with Crippen LogP contribution in [0.4, 0.5) is 10.1 Å². The normalized spacial score (nSPS) is 25.1. The summed E-state index contributed by atoms with van der Waals surface area (Å²) in [5.74, 6) is -0.283. The summed E-state index contributed by atoms with van der Waals surface area (Å²) < 4.78 is 47.1. The summed E-state index contributed by atoms with van der Waals surface area (Å²) in [7, 11) is -3.74. The van der Waals surface area contributed by atoms with Crippen molar-refractivity contribution in [2.45, 2.75) is 36.2 Å². The fourth-order valence-corrected chi connectivity index (χ4v) is 5.56. The van der Waals surface area contributed by atoms with Crippen LogP contribution in [0, 0.1) is 12.7 Å². The largest absolute Gasteiger partial charge is 0.394 e. The number of halogens is 3. The van der Waals surface area contributed by atoms with Gasteiger partial charge in [0.15, 0.2) is 0 Å². The number of aliphatic hydroxyl groups is 2. The first kappa shape index (κ1) is 29.7. The van der Waals surface area contributed by atoms with Gasteiger partial charge in [-0.2, -0.15) is 0 Å². The molecule has 0 aromatic heterocycles. The van der Waals surface area contributed by atoms with Crippen LogP contribution in [0.5, 0.6) is 0 Å². The maximum Gasteiger partial charge on any atom is 0.240 e. The molecule has 0 unspecified atom stereocenters. The van der Waals surface area contributed by atoms with E-state index in [1.54, 1.807) is 36.4 Å². The monoisotopic (exact) mass is 551 g/mol. The zero-order chi connectivity index (χ0) is 23.6. The highest BCUT2D eigenvalue weighted by molar-refractivity contribution is 7.89. The predicted molar refractivity (Wildman–Crippen MR) is 137 cm³/mol. The van der Waals surface area contributed by atoms with E-state index in [1.807, 2.05) is 6.92 Å². The Morgan fingerprint density at radius 3 is 2.17 bits per heavy atom. The Kier molecular flexibility index (Phi) is 10.7. The van der Waals surface area contributed by atoms with Crippen LogP contribution in [0.3, 0.4) is 0 Å². The number of benzene rings is 2. The lowest BCUT2D eigenvalue weighted by molar-refractivity contribution is -0.0201. The maximum absolute atomic E-state index is 13.2. The Hall–Kier alpha value is -1.50. The summed E-state index contributed by atoms with van der Waals surface area (Å²) in [5.41, 5.74) is 1.89. The molecule has 2 aliphatic rings. The number of sulfonamides is 1. The molecule has 0 amide bonds. The molecule has 3 N–H and O–H groups in total. The van der Waals surface area contributed by atoms with E-state index >= 15 is 0 Å². The average molecular weight is 552 g/mol. The molecule has 0 spiro atoms. The molecule has 4 rings (SSSR count). The minimum absolute atomic E-state index is 0. The number of aryl methyl sites for hydroxylation is 1. The van der Waals surface area contributed by atoms with Gasteiger partial charge in [0, 0.05) is 38.4 Å². The van der Waals surface area contributed by atoms with Crippen molar-refractivity contribution < 1.29 is 27.8 Å². The molecule has 2 fully saturated rings. The molecule has 2 heterocycles. The van der Waals surface area contributed by atoms with Crippen molar-refractivity contribution in [3.63, 3.8) is 0 Å². The Labute approximate surface area is 217 Å². The van der Waals surface area contributed by atoms with Crippen LogP contribution in [-0.2, 0) is 14.8 Å². The second kappa shape index (κ2) is 12.6. The number of anilines is 1. The number of hydrogen-bond acceptors (Lipinski definition) is 7. The predicted octanol–water partition coefficient (Wildman–Crippen LogP) is 1.57. The number of nitrogens with zero attached hydrogens (tertiary/aromatic N) is 2. The van der Waals surface area contributed by atoms with E-state index in [2.05, 4.69) is 14.5 Å². The molecule has 196 valence electrons. The van der Waals surface area contributed by atoms with Crippen LogP contribution in [0.25, 0.3) is 0 Å². The van der Waals surface area contributed by atoms with E-state index in [4.69, 9.17) is 4.74 Å². The van der Waals surface area contributed by atoms with E-state index in [9.17, 15) is 23.0 Å². The van der Waals surface area contributed by atoms with Gasteiger partial charge in [0.1, 0.15) is 18.0 Å². The molecule has 2 aromatic rings. The van der Waals surface area contributed by atoms with Gasteiger partial charge in [-0.15, -0.1) is 24.8 Å². The third-order valence-electron chi connectivity index (χ3n) is 6.37. The maximum atomic E-state index is 13.2. The van der Waals surface area contributed by atoms with Crippen molar-refractivity contribution in [3.05, 3.63) is 59.9 Å². The molecule has 0 radical (unpaired) electrons. The first-order chi connectivity index (χ1) is 15.8. The van der Waals surface area contributed by atoms with Crippen LogP contribution >= 0.6 is 24.8 Å². The van der Waals surface area contributed by atoms with Gasteiger partial charge >= 0.3 is 0 Å². The van der Waals surface area contributed by atoms with Gasteiger partial charge in [-0.3, -0.25) is 4.90 Å². The highest BCUT2D eigenvalue weighted by atomic mass is 35.5. The molecule has 2 aliphatic heterocycles. The number of rotatable bonds is 7. The summed E-state index contributed by atoms with van der Waals surface area (Å²) >= 11 is 0. The second-order valence-corrected chi connectivity index (χ2v) is 10.3. The summed E-state index contributed by atoms with van der Waals surface area (Å²) in [6.45, 7) is 4.07. The van der Waals surface area contributed by atoms with Gasteiger partial charge in [0.25, 0.3) is 0 Å². The first-order valence-electron chi connectivity index (χ1n) is 11.0. The topological polar surface area (TPSA) is 102 Å². The number of aliphatic hydroxyl groups excluding tert-OH is 2. The Morgan fingerprint density at radius 2 is 1.60 bits per heavy atom. The van der Waals surface area contributed by atoms with Gasteiger partial charge < -0.3 is 19.8 Å². The average Bonchev–Trinajstić information content (AvgIpc) is 3.14. The zero-order valence-electron chi connectivity index (χ0n) is 19.3. The van der Waals surface area contributed by atoms with Crippen molar-refractivity contribution in [2.24, 2.45) is 0 Å². The highest BCUT2D eigenvalue weighted by Crippen LogP contribution is 2.28. The van der Waals surface area contributed by atoms with Gasteiger partial charge in [-0.25, -0.2) is 17.5 Å². The number of hydrogen-bond donors (Lipinski definition) is 3. The van der Waals surface area contributed by atoms with Crippen LogP contribution in [0.15, 0.2) is 53.4 Å². The summed E-state index contributed by atoms with van der Waals surface area (Å²) in [6, 6.07) is 12.4. The number of ether oxygens (including phenoxy) is 1. The highest BCUT2D eigenvalue weighted by Gasteiger charge is 2.47. The summed E-state index contributed by atoms with van der Waals surface area (Å²) in [6.07, 6.45) is -2.34. The first-order valence-corrected chi connectivity index (χ1v) is 12.5. The minimum Gasteiger partial charge on any atom is -0.394 e. The van der Waals surface area contributed by atoms with Crippen molar-refractivity contribution in [1.82, 2.24) is 9.62 Å². The molecule has 4 atom stereocenters. The lowest BCUT2D eigenvalue weighted by Crippen LogP contribution is -2.57. The molecule has 2 saturated heterocycles. The quantitative estimate of drug-likeness (QED) is 0.480. The van der Waals surface area contributed by atoms with Crippen LogP contribution < -0.4 is 9.62 Å². The standard InChI is InChI=1S/C23H30FN3O5S.2ClH/c1-16-2-8-19(9-3-16)33(30,31)25-14-20-22(23(29)21(15-28)32-20)27-12-10-26(11-13-27)18-6-4-17(24)5-7-18;;/h2-9,20-23,25,28-29H,10-15H2,1H3;2*1H/t20-,21+,22+,23-;;/m1../s1. The van der Waals surface area contributed by atoms with Crippen LogP contribution in [-0.4, -0.2) is 87.2 Å². The second-order valence-electron chi connectivity index (χ2n) is 8.54. The summed E-state index contributed by atoms with van der Waals surface area (Å²) in [5, 5.41) is 20.4. The fourth-order valence-electron chi connectivity index (χ4n) is 4.52. The van der Waals surface area contributed by atoms with Gasteiger partial charge in [-0.1, -0.05) is 17.7 Å². The van der Waals surface area contributed by atoms with E-state index in [0.717, 1.165) is 11.3 Å². The van der Waals surface area contributed by atoms with Crippen molar-refractivity contribution >= 4 is 40.5 Å². The molecule has 0 aliphatic carbocycles. The van der Waals surface area contributed by atoms with E-state index in [0.29, 0.717) is 26.2 Å². The van der Waals surface area contributed by atoms with Crippen molar-refractivity contribution in [2.75, 3.05) is 44.2 Å². The van der Waals surface area contributed by atoms with Crippen LogP contribution in [0.2, 0.25) is 0 Å². The van der Waals surface area contributed by atoms with Crippen molar-refractivity contribution in [3.8, 4) is 0 Å². The molecule has 2 aromatic carbocycles. The molecular formula is C23H32Cl2FN3O5S. The molecule has 8 nitrogen and oxygen atoms in total. The van der Waals surface area contributed by atoms with Crippen molar-refractivity contribution in [1.29, 1.82) is 0 Å². The third-order valence-corrected chi connectivity index (χ3v) is 7.81. The summed E-state index contributed by atoms with van der Waals surface area (Å²) in [4.78, 5) is 4.37. The molecule has 0 bridgehead atoms. The number of nitrogens with one attached hydrogen (secondary N) is 1. The fraction of sp³-hybridized carbons (Fsp3) is 0.478. The lowest BCUT2D eigenvalue weighted by atomic mass is 10.0. The SMILES string of the molecule is Cc1ccc(S(=O)(=O)NC[C@H]2O[C@@H](CO)[C@@H](O)[C@H]2N2CCN(c3ccc(F)cc3)CC2)cc1.Cl.Cl. The molecular weight excluding hydrogens is 520 g/mol. The van der Waals surface area contributed by atoms with Crippen LogP contribution in [0.1, 0.15) is 5.56 Å². The molecule has 12 heteroatoms. The minimum atomic E-state index is -3.74. The Balaban J connectivity index is 0.00000216. The van der Waals surface area contributed by atoms with E-state index in [1.165, 1.54) is 12.1 Å². The van der Waals surface area contributed by atoms with E-state index in [-0.39, 0.29) is 48.7 Å². The lowest BCUT2D eigenvalue weighted by Gasteiger charge is -2.41. The zero-order valence-corrected chi connectivity index (χ0v) is 21.7. The molecule has 35 heavy (non-hydrogen) atoms. The number of piperazine rings is 1. The Morgan fingerprint density at radius 1 is 1.00 bits per heavy atom. The molecule has 0 saturated carbocycles. The van der Waals surface area contributed by atoms with Gasteiger partial charge in [0.05, 0.1) is 23.6 Å². The van der Waals surface area contributed by atoms with E-state index < -0.39 is 34.4 Å².